The van der Waals surface area contributed by atoms with Crippen LogP contribution in [0.4, 0.5) is 8.78 Å². The molecule has 0 aromatic heterocycles. The first-order chi connectivity index (χ1) is 12.6. The molecule has 1 saturated heterocycles. The lowest BCUT2D eigenvalue weighted by molar-refractivity contribution is 0.104. The molecule has 0 radical (unpaired) electrons. The second kappa shape index (κ2) is 8.39. The van der Waals surface area contributed by atoms with Gasteiger partial charge in [-0.25, -0.2) is 8.78 Å². The topological polar surface area (TPSA) is 30.3 Å². The summed E-state index contributed by atoms with van der Waals surface area (Å²) in [5, 5.41) is 9.00. The van der Waals surface area contributed by atoms with E-state index in [2.05, 4.69) is 15.9 Å². The molecule has 2 aromatic rings. The number of hydrogen-bond donors (Lipinski definition) is 0. The average molecular weight is 355 g/mol. The van der Waals surface area contributed by atoms with Gasteiger partial charge >= 0.3 is 0 Å². The van der Waals surface area contributed by atoms with Crippen LogP contribution in [0.3, 0.4) is 0 Å². The highest BCUT2D eigenvalue weighted by Gasteiger charge is 2.27. The summed E-state index contributed by atoms with van der Waals surface area (Å²) in [7, 11) is 0. The Morgan fingerprint density at radius 2 is 1.35 bits per heavy atom. The predicted octanol–water partition coefficient (Wildman–Crippen LogP) is 3.83. The van der Waals surface area contributed by atoms with Crippen molar-refractivity contribution in [3.8, 4) is 6.07 Å². The van der Waals surface area contributed by atoms with Gasteiger partial charge in [0.2, 0.25) is 0 Å². The minimum atomic E-state index is -0.262. The Labute approximate surface area is 153 Å². The maximum atomic E-state index is 13.4. The molecule has 1 aliphatic rings. The van der Waals surface area contributed by atoms with Gasteiger partial charge in [0.1, 0.15) is 11.6 Å². The maximum Gasteiger partial charge on any atom is 0.123 e. The Kier molecular flexibility index (Phi) is 5.97. The van der Waals surface area contributed by atoms with Gasteiger partial charge in [-0.05, 0) is 42.3 Å². The van der Waals surface area contributed by atoms with Crippen molar-refractivity contribution in [1.29, 1.82) is 5.26 Å². The summed E-state index contributed by atoms with van der Waals surface area (Å²) in [6.45, 7) is 6.17. The number of nitrogens with zero attached hydrogens (tertiary/aromatic N) is 3. The quantitative estimate of drug-likeness (QED) is 0.817. The number of nitriles is 1. The molecule has 2 aromatic carbocycles. The summed E-state index contributed by atoms with van der Waals surface area (Å²) in [5.41, 5.74) is 1.99. The third kappa shape index (κ3) is 4.46. The summed E-state index contributed by atoms with van der Waals surface area (Å²) >= 11 is 0. The molecule has 3 rings (SSSR count). The van der Waals surface area contributed by atoms with Gasteiger partial charge in [-0.15, -0.1) is 0 Å². The second-order valence-electron chi connectivity index (χ2n) is 6.87. The van der Waals surface area contributed by atoms with Crippen LogP contribution in [-0.4, -0.2) is 42.5 Å². The Hall–Kier alpha value is -2.29. The highest BCUT2D eigenvalue weighted by molar-refractivity contribution is 5.32. The monoisotopic (exact) mass is 355 g/mol. The zero-order valence-electron chi connectivity index (χ0n) is 14.9. The van der Waals surface area contributed by atoms with Crippen molar-refractivity contribution < 1.29 is 8.78 Å². The van der Waals surface area contributed by atoms with E-state index in [9.17, 15) is 8.78 Å². The fraction of sp³-hybridized carbons (Fsp3) is 0.381. The van der Waals surface area contributed by atoms with E-state index in [1.165, 1.54) is 24.3 Å². The maximum absolute atomic E-state index is 13.4. The van der Waals surface area contributed by atoms with Crippen LogP contribution in [0, 0.1) is 28.9 Å². The van der Waals surface area contributed by atoms with Gasteiger partial charge in [-0.3, -0.25) is 9.80 Å². The fourth-order valence-corrected chi connectivity index (χ4v) is 3.54. The predicted molar refractivity (Wildman–Crippen MR) is 97.4 cm³/mol. The van der Waals surface area contributed by atoms with E-state index in [0.29, 0.717) is 0 Å². The van der Waals surface area contributed by atoms with Crippen LogP contribution in [0.25, 0.3) is 0 Å². The van der Waals surface area contributed by atoms with E-state index in [1.807, 2.05) is 6.92 Å². The number of piperazine rings is 1. The lowest BCUT2D eigenvalue weighted by Crippen LogP contribution is -2.48. The minimum absolute atomic E-state index is 0.0199. The van der Waals surface area contributed by atoms with Gasteiger partial charge in [0, 0.05) is 32.7 Å². The van der Waals surface area contributed by atoms with Crippen LogP contribution >= 0.6 is 0 Å². The molecule has 1 heterocycles. The second-order valence-corrected chi connectivity index (χ2v) is 6.87. The molecule has 26 heavy (non-hydrogen) atoms. The molecule has 0 saturated carbocycles. The molecule has 5 heteroatoms. The summed E-state index contributed by atoms with van der Waals surface area (Å²) in [6.07, 6.45) is 0. The molecule has 0 aliphatic carbocycles. The fourth-order valence-electron chi connectivity index (χ4n) is 3.54. The molecule has 0 N–H and O–H groups in total. The van der Waals surface area contributed by atoms with Crippen molar-refractivity contribution in [3.05, 3.63) is 71.3 Å². The third-order valence-corrected chi connectivity index (χ3v) is 4.90. The van der Waals surface area contributed by atoms with Crippen LogP contribution in [0.15, 0.2) is 48.5 Å². The van der Waals surface area contributed by atoms with Gasteiger partial charge < -0.3 is 0 Å². The van der Waals surface area contributed by atoms with Crippen molar-refractivity contribution in [2.24, 2.45) is 5.92 Å². The summed E-state index contributed by atoms with van der Waals surface area (Å²) in [6, 6.07) is 15.3. The van der Waals surface area contributed by atoms with Crippen LogP contribution in [0.1, 0.15) is 24.1 Å². The zero-order valence-corrected chi connectivity index (χ0v) is 14.9. The molecule has 0 unspecified atom stereocenters. The summed E-state index contributed by atoms with van der Waals surface area (Å²) in [5.74, 6) is -0.504. The molecule has 136 valence electrons. The molecule has 1 atom stereocenters. The minimum Gasteiger partial charge on any atom is -0.300 e. The molecule has 1 fully saturated rings. The number of hydrogen-bond acceptors (Lipinski definition) is 3. The van der Waals surface area contributed by atoms with Gasteiger partial charge in [0.05, 0.1) is 18.0 Å². The zero-order chi connectivity index (χ0) is 18.5. The van der Waals surface area contributed by atoms with E-state index < -0.39 is 0 Å². The molecule has 3 nitrogen and oxygen atoms in total. The summed E-state index contributed by atoms with van der Waals surface area (Å²) in [4.78, 5) is 4.64. The van der Waals surface area contributed by atoms with Crippen LogP contribution in [0.5, 0.6) is 0 Å². The van der Waals surface area contributed by atoms with E-state index in [4.69, 9.17) is 5.26 Å². The van der Waals surface area contributed by atoms with Crippen molar-refractivity contribution in [1.82, 2.24) is 9.80 Å². The first-order valence-electron chi connectivity index (χ1n) is 8.94. The first-order valence-corrected chi connectivity index (χ1v) is 8.94. The van der Waals surface area contributed by atoms with E-state index in [1.54, 1.807) is 24.3 Å². The average Bonchev–Trinajstić information content (AvgIpc) is 2.66. The number of halogens is 2. The lowest BCUT2D eigenvalue weighted by Gasteiger charge is -2.40. The standard InChI is InChI=1S/C21H23F2N3/c1-16(14-24)15-25-10-12-26(13-11-25)21(17-2-6-19(22)7-3-17)18-4-8-20(23)9-5-18/h2-9,16,21H,10-13,15H2,1H3/t16-/m0/s1. The van der Waals surface area contributed by atoms with E-state index in [0.717, 1.165) is 43.9 Å². The third-order valence-electron chi connectivity index (χ3n) is 4.90. The molecule has 0 bridgehead atoms. The van der Waals surface area contributed by atoms with Gasteiger partial charge in [0.25, 0.3) is 0 Å². The van der Waals surface area contributed by atoms with Crippen LogP contribution in [0.2, 0.25) is 0 Å². The Balaban J connectivity index is 1.80. The molecule has 0 spiro atoms. The summed E-state index contributed by atoms with van der Waals surface area (Å²) < 4.78 is 26.7. The van der Waals surface area contributed by atoms with Crippen molar-refractivity contribution in [3.63, 3.8) is 0 Å². The number of rotatable bonds is 5. The number of benzene rings is 2. The van der Waals surface area contributed by atoms with E-state index >= 15 is 0 Å². The van der Waals surface area contributed by atoms with Crippen molar-refractivity contribution >= 4 is 0 Å². The normalized spacial score (nSPS) is 17.2. The SMILES string of the molecule is C[C@@H](C#N)CN1CCN(C(c2ccc(F)cc2)c2ccc(F)cc2)CC1. The Morgan fingerprint density at radius 1 is 0.885 bits per heavy atom. The van der Waals surface area contributed by atoms with Crippen molar-refractivity contribution in [2.45, 2.75) is 13.0 Å². The van der Waals surface area contributed by atoms with Gasteiger partial charge in [-0.2, -0.15) is 5.26 Å². The molecule has 1 aliphatic heterocycles. The highest BCUT2D eigenvalue weighted by Crippen LogP contribution is 2.30. The smallest absolute Gasteiger partial charge is 0.123 e. The Bertz CT molecular complexity index is 699. The van der Waals surface area contributed by atoms with Gasteiger partial charge in [-0.1, -0.05) is 24.3 Å². The molecule has 0 amide bonds. The van der Waals surface area contributed by atoms with E-state index in [-0.39, 0.29) is 23.6 Å². The lowest BCUT2D eigenvalue weighted by atomic mass is 9.96. The first kappa shape index (κ1) is 18.5. The molecular weight excluding hydrogens is 332 g/mol. The van der Waals surface area contributed by atoms with Crippen molar-refractivity contribution in [2.75, 3.05) is 32.7 Å². The largest absolute Gasteiger partial charge is 0.300 e. The van der Waals surface area contributed by atoms with Gasteiger partial charge in [0.15, 0.2) is 0 Å². The Morgan fingerprint density at radius 3 is 1.77 bits per heavy atom. The molecular formula is C21H23F2N3. The van der Waals surface area contributed by atoms with Crippen LogP contribution < -0.4 is 0 Å². The van der Waals surface area contributed by atoms with Crippen LogP contribution in [-0.2, 0) is 0 Å². The highest BCUT2D eigenvalue weighted by atomic mass is 19.1.